The largest absolute Gasteiger partial charge is 0.457 e. The summed E-state index contributed by atoms with van der Waals surface area (Å²) in [6.45, 7) is 4.60. The first-order valence-electron chi connectivity index (χ1n) is 7.43. The number of furan rings is 1. The van der Waals surface area contributed by atoms with E-state index in [1.807, 2.05) is 0 Å². The summed E-state index contributed by atoms with van der Waals surface area (Å²) >= 11 is 0. The number of nitrogens with zero attached hydrogens (tertiary/aromatic N) is 3. The number of nitrogens with one attached hydrogen (secondary N) is 1. The fraction of sp³-hybridized carbons (Fsp3) is 0.400. The standard InChI is InChI=1S/C15H21N5O3/c1-3-4-7-20(16)10-18-15-19-13(9-22-15)14-6-5-12(23-14)8-17-11(2)21/h5-6,9-10H,3-4,7-8,16H2,1-2H3,(H,17,21). The fourth-order valence-corrected chi connectivity index (χ4v) is 1.78. The Labute approximate surface area is 134 Å². The normalized spacial score (nSPS) is 11.1. The predicted molar refractivity (Wildman–Crippen MR) is 85.7 cm³/mol. The van der Waals surface area contributed by atoms with Gasteiger partial charge in [-0.2, -0.15) is 9.98 Å². The van der Waals surface area contributed by atoms with E-state index >= 15 is 0 Å². The van der Waals surface area contributed by atoms with E-state index in [1.54, 1.807) is 12.1 Å². The van der Waals surface area contributed by atoms with Crippen LogP contribution in [-0.4, -0.2) is 28.8 Å². The molecule has 2 heterocycles. The summed E-state index contributed by atoms with van der Waals surface area (Å²) in [7, 11) is 0. The van der Waals surface area contributed by atoms with Crippen LogP contribution in [0.1, 0.15) is 32.4 Å². The fourth-order valence-electron chi connectivity index (χ4n) is 1.78. The highest BCUT2D eigenvalue weighted by Crippen LogP contribution is 2.24. The monoisotopic (exact) mass is 319 g/mol. The lowest BCUT2D eigenvalue weighted by Gasteiger charge is -2.09. The van der Waals surface area contributed by atoms with Crippen molar-refractivity contribution in [3.05, 3.63) is 24.2 Å². The molecule has 124 valence electrons. The Morgan fingerprint density at radius 3 is 3.09 bits per heavy atom. The maximum Gasteiger partial charge on any atom is 0.323 e. The smallest absolute Gasteiger partial charge is 0.323 e. The first kappa shape index (κ1) is 16.8. The molecule has 0 aromatic carbocycles. The van der Waals surface area contributed by atoms with Gasteiger partial charge in [0.25, 0.3) is 0 Å². The van der Waals surface area contributed by atoms with Gasteiger partial charge in [0.15, 0.2) is 5.76 Å². The molecular formula is C15H21N5O3. The molecule has 0 saturated carbocycles. The molecule has 0 atom stereocenters. The molecule has 0 aliphatic carbocycles. The quantitative estimate of drug-likeness (QED) is 0.334. The number of nitrogens with two attached hydrogens (primary N) is 1. The summed E-state index contributed by atoms with van der Waals surface area (Å²) in [5, 5.41) is 4.15. The van der Waals surface area contributed by atoms with Gasteiger partial charge < -0.3 is 19.2 Å². The predicted octanol–water partition coefficient (Wildman–Crippen LogP) is 2.21. The average Bonchev–Trinajstić information content (AvgIpc) is 3.17. The molecular weight excluding hydrogens is 298 g/mol. The Morgan fingerprint density at radius 2 is 2.35 bits per heavy atom. The zero-order chi connectivity index (χ0) is 16.7. The van der Waals surface area contributed by atoms with Gasteiger partial charge in [0, 0.05) is 13.5 Å². The highest BCUT2D eigenvalue weighted by atomic mass is 16.4. The van der Waals surface area contributed by atoms with E-state index in [4.69, 9.17) is 14.7 Å². The van der Waals surface area contributed by atoms with Gasteiger partial charge in [0.2, 0.25) is 5.91 Å². The molecule has 8 nitrogen and oxygen atoms in total. The number of carbonyl (C=O) groups excluding carboxylic acids is 1. The molecule has 2 rings (SSSR count). The maximum atomic E-state index is 10.9. The van der Waals surface area contributed by atoms with Crippen molar-refractivity contribution in [2.24, 2.45) is 10.8 Å². The van der Waals surface area contributed by atoms with Crippen LogP contribution in [0.3, 0.4) is 0 Å². The van der Waals surface area contributed by atoms with Crippen molar-refractivity contribution in [2.75, 3.05) is 6.54 Å². The van der Waals surface area contributed by atoms with Gasteiger partial charge in [-0.15, -0.1) is 0 Å². The van der Waals surface area contributed by atoms with Gasteiger partial charge in [-0.05, 0) is 18.6 Å². The molecule has 0 aliphatic rings. The molecule has 0 aliphatic heterocycles. The van der Waals surface area contributed by atoms with Crippen LogP contribution in [0.5, 0.6) is 0 Å². The van der Waals surface area contributed by atoms with Crippen LogP contribution in [0, 0.1) is 0 Å². The van der Waals surface area contributed by atoms with Gasteiger partial charge in [-0.1, -0.05) is 13.3 Å². The molecule has 0 spiro atoms. The molecule has 0 fully saturated rings. The molecule has 8 heteroatoms. The van der Waals surface area contributed by atoms with Crippen LogP contribution in [0.15, 0.2) is 32.2 Å². The molecule has 2 aromatic rings. The molecule has 23 heavy (non-hydrogen) atoms. The van der Waals surface area contributed by atoms with Crippen LogP contribution in [-0.2, 0) is 11.3 Å². The van der Waals surface area contributed by atoms with Crippen LogP contribution < -0.4 is 11.2 Å². The number of amides is 1. The van der Waals surface area contributed by atoms with E-state index in [1.165, 1.54) is 24.5 Å². The van der Waals surface area contributed by atoms with Crippen molar-refractivity contribution < 1.29 is 13.6 Å². The number of aliphatic imine (C=N–C) groups is 1. The van der Waals surface area contributed by atoms with E-state index in [0.29, 0.717) is 23.8 Å². The molecule has 1 amide bonds. The molecule has 0 radical (unpaired) electrons. The molecule has 2 aromatic heterocycles. The summed E-state index contributed by atoms with van der Waals surface area (Å²) in [6, 6.07) is 3.74. The SMILES string of the molecule is CCCCN(N)C=Nc1nc(-c2ccc(CNC(C)=O)o2)co1. The van der Waals surface area contributed by atoms with Crippen molar-refractivity contribution in [1.82, 2.24) is 15.3 Å². The number of hydrogen-bond donors (Lipinski definition) is 2. The van der Waals surface area contributed by atoms with E-state index in [-0.39, 0.29) is 11.9 Å². The van der Waals surface area contributed by atoms with Crippen molar-refractivity contribution >= 4 is 18.3 Å². The second kappa shape index (κ2) is 8.14. The lowest BCUT2D eigenvalue weighted by atomic mass is 10.3. The van der Waals surface area contributed by atoms with Crippen LogP contribution in [0.4, 0.5) is 6.01 Å². The number of hydrazine groups is 1. The van der Waals surface area contributed by atoms with E-state index in [0.717, 1.165) is 19.4 Å². The minimum absolute atomic E-state index is 0.115. The lowest BCUT2D eigenvalue weighted by Crippen LogP contribution is -2.30. The molecule has 3 N–H and O–H groups in total. The summed E-state index contributed by atoms with van der Waals surface area (Å²) in [5.41, 5.74) is 0.531. The summed E-state index contributed by atoms with van der Waals surface area (Å²) in [6.07, 6.45) is 4.99. The van der Waals surface area contributed by atoms with E-state index in [9.17, 15) is 4.79 Å². The highest BCUT2D eigenvalue weighted by molar-refractivity contribution is 5.72. The first-order valence-corrected chi connectivity index (χ1v) is 7.43. The van der Waals surface area contributed by atoms with Crippen molar-refractivity contribution in [3.63, 3.8) is 0 Å². The first-order chi connectivity index (χ1) is 11.1. The zero-order valence-electron chi connectivity index (χ0n) is 13.3. The van der Waals surface area contributed by atoms with Gasteiger partial charge in [0.05, 0.1) is 6.54 Å². The third-order valence-electron chi connectivity index (χ3n) is 3.00. The molecule has 0 unspecified atom stereocenters. The van der Waals surface area contributed by atoms with Gasteiger partial charge in [-0.25, -0.2) is 5.84 Å². The number of rotatable bonds is 8. The Bertz CT molecular complexity index is 662. The van der Waals surface area contributed by atoms with E-state index in [2.05, 4.69) is 22.2 Å². The third-order valence-corrected chi connectivity index (χ3v) is 3.00. The third kappa shape index (κ3) is 5.26. The number of unbranched alkanes of at least 4 members (excludes halogenated alkanes) is 1. The van der Waals surface area contributed by atoms with Gasteiger partial charge in [0.1, 0.15) is 24.1 Å². The second-order valence-corrected chi connectivity index (χ2v) is 5.03. The minimum atomic E-state index is -0.115. The number of aromatic nitrogens is 1. The van der Waals surface area contributed by atoms with Crippen molar-refractivity contribution in [2.45, 2.75) is 33.2 Å². The average molecular weight is 319 g/mol. The summed E-state index contributed by atoms with van der Waals surface area (Å²) in [5.74, 6) is 6.82. The molecule has 0 saturated heterocycles. The number of carbonyl (C=O) groups is 1. The van der Waals surface area contributed by atoms with E-state index < -0.39 is 0 Å². The molecule has 0 bridgehead atoms. The van der Waals surface area contributed by atoms with Crippen molar-refractivity contribution in [3.8, 4) is 11.5 Å². The Morgan fingerprint density at radius 1 is 1.52 bits per heavy atom. The van der Waals surface area contributed by atoms with Gasteiger partial charge in [-0.3, -0.25) is 4.79 Å². The zero-order valence-corrected chi connectivity index (χ0v) is 13.3. The number of hydrogen-bond acceptors (Lipinski definition) is 6. The highest BCUT2D eigenvalue weighted by Gasteiger charge is 2.10. The second-order valence-electron chi connectivity index (χ2n) is 5.03. The minimum Gasteiger partial charge on any atom is -0.457 e. The van der Waals surface area contributed by atoms with Crippen LogP contribution in [0.25, 0.3) is 11.5 Å². The van der Waals surface area contributed by atoms with Gasteiger partial charge >= 0.3 is 6.01 Å². The summed E-state index contributed by atoms with van der Waals surface area (Å²) < 4.78 is 10.8. The van der Waals surface area contributed by atoms with Crippen LogP contribution >= 0.6 is 0 Å². The Balaban J connectivity index is 1.96. The summed E-state index contributed by atoms with van der Waals surface area (Å²) in [4.78, 5) is 19.2. The lowest BCUT2D eigenvalue weighted by molar-refractivity contribution is -0.119. The van der Waals surface area contributed by atoms with Crippen LogP contribution in [0.2, 0.25) is 0 Å². The Hall–Kier alpha value is -2.61. The topological polar surface area (TPSA) is 110 Å². The van der Waals surface area contributed by atoms with Crippen molar-refractivity contribution in [1.29, 1.82) is 0 Å². The maximum absolute atomic E-state index is 10.9. The Kier molecular flexibility index (Phi) is 5.93. The number of oxazole rings is 1.